The fourth-order valence-electron chi connectivity index (χ4n) is 7.98. The zero-order valence-corrected chi connectivity index (χ0v) is 28.2. The molecule has 0 N–H and O–H groups in total. The van der Waals surface area contributed by atoms with E-state index < -0.39 is 0 Å². The lowest BCUT2D eigenvalue weighted by atomic mass is 9.97. The Balaban J connectivity index is 1.04. The topological polar surface area (TPSA) is 42.7 Å². The van der Waals surface area contributed by atoms with Crippen LogP contribution in [0.1, 0.15) is 0 Å². The van der Waals surface area contributed by atoms with Crippen molar-refractivity contribution >= 4 is 82.9 Å². The summed E-state index contributed by atoms with van der Waals surface area (Å²) in [6.07, 6.45) is 0. The van der Waals surface area contributed by atoms with Crippen LogP contribution >= 0.6 is 0 Å². The second kappa shape index (κ2) is 11.5. The monoisotopic (exact) mass is 685 g/mol. The number of para-hydroxylation sites is 3. The normalized spacial score (nSPS) is 11.9. The molecule has 8 aromatic carbocycles. The number of furan rings is 3. The van der Waals surface area contributed by atoms with E-state index in [4.69, 9.17) is 13.3 Å². The van der Waals surface area contributed by atoms with Gasteiger partial charge in [-0.25, -0.2) is 4.39 Å². The van der Waals surface area contributed by atoms with Crippen molar-refractivity contribution in [3.63, 3.8) is 0 Å². The van der Waals surface area contributed by atoms with Crippen LogP contribution in [0.4, 0.5) is 21.5 Å². The van der Waals surface area contributed by atoms with Gasteiger partial charge in [0.05, 0.1) is 11.1 Å². The molecule has 0 spiro atoms. The highest BCUT2D eigenvalue weighted by Gasteiger charge is 2.21. The maximum Gasteiger partial charge on any atom is 0.143 e. The Kier molecular flexibility index (Phi) is 6.40. The van der Waals surface area contributed by atoms with Crippen LogP contribution in [0.5, 0.6) is 0 Å². The fraction of sp³-hybridized carbons (Fsp3) is 0. The van der Waals surface area contributed by atoms with Crippen LogP contribution in [0.3, 0.4) is 0 Å². The number of hydrogen-bond acceptors (Lipinski definition) is 4. The first-order chi connectivity index (χ1) is 26.2. The molecule has 0 unspecified atom stereocenters. The van der Waals surface area contributed by atoms with Gasteiger partial charge in [0, 0.05) is 43.9 Å². The molecule has 5 heteroatoms. The van der Waals surface area contributed by atoms with E-state index in [1.165, 1.54) is 6.07 Å². The van der Waals surface area contributed by atoms with Crippen molar-refractivity contribution in [2.75, 3.05) is 4.90 Å². The third-order valence-electron chi connectivity index (χ3n) is 10.3. The van der Waals surface area contributed by atoms with Gasteiger partial charge in [0.1, 0.15) is 39.3 Å². The van der Waals surface area contributed by atoms with Gasteiger partial charge in [-0.1, -0.05) is 91.0 Å². The van der Waals surface area contributed by atoms with E-state index in [9.17, 15) is 4.39 Å². The number of halogens is 1. The van der Waals surface area contributed by atoms with Gasteiger partial charge in [-0.05, 0) is 95.6 Å². The summed E-state index contributed by atoms with van der Waals surface area (Å²) in [5, 5.41) is 6.22. The predicted molar refractivity (Wildman–Crippen MR) is 214 cm³/mol. The van der Waals surface area contributed by atoms with E-state index in [0.29, 0.717) is 0 Å². The van der Waals surface area contributed by atoms with Gasteiger partial charge in [-0.2, -0.15) is 0 Å². The molecular weight excluding hydrogens is 658 g/mol. The number of anilines is 3. The second-order valence-electron chi connectivity index (χ2n) is 13.4. The summed E-state index contributed by atoms with van der Waals surface area (Å²) in [7, 11) is 0. The molecule has 4 nitrogen and oxygen atoms in total. The summed E-state index contributed by atoms with van der Waals surface area (Å²) in [6.45, 7) is 0. The van der Waals surface area contributed by atoms with Crippen molar-refractivity contribution in [3.05, 3.63) is 176 Å². The minimum absolute atomic E-state index is 0.292. The van der Waals surface area contributed by atoms with Crippen LogP contribution in [0.15, 0.2) is 183 Å². The van der Waals surface area contributed by atoms with Crippen LogP contribution in [0, 0.1) is 5.82 Å². The summed E-state index contributed by atoms with van der Waals surface area (Å²) in [4.78, 5) is 2.08. The highest BCUT2D eigenvalue weighted by molar-refractivity contribution is 6.18. The third-order valence-corrected chi connectivity index (χ3v) is 10.3. The first-order valence-electron chi connectivity index (χ1n) is 17.6. The van der Waals surface area contributed by atoms with Crippen LogP contribution in [-0.2, 0) is 0 Å². The third kappa shape index (κ3) is 4.61. The maximum absolute atomic E-state index is 14.6. The SMILES string of the molecule is Fc1cccc(N(c2ccccc2)c2cccc3oc4cc(-c5ccc6oc7c(-c8cccc9oc%10ccccc%10c89)cccc7c6c5)ccc4c23)c1. The van der Waals surface area contributed by atoms with Crippen molar-refractivity contribution < 1.29 is 17.6 Å². The predicted octanol–water partition coefficient (Wildman–Crippen LogP) is 14.3. The molecule has 0 aliphatic rings. The summed E-state index contributed by atoms with van der Waals surface area (Å²) < 4.78 is 33.9. The van der Waals surface area contributed by atoms with Gasteiger partial charge in [0.25, 0.3) is 0 Å². The lowest BCUT2D eigenvalue weighted by Crippen LogP contribution is -2.10. The second-order valence-corrected chi connectivity index (χ2v) is 13.4. The highest BCUT2D eigenvalue weighted by atomic mass is 19.1. The summed E-state index contributed by atoms with van der Waals surface area (Å²) in [6, 6.07) is 56.2. The van der Waals surface area contributed by atoms with E-state index in [2.05, 4.69) is 77.7 Å². The Morgan fingerprint density at radius 1 is 0.377 bits per heavy atom. The quantitative estimate of drug-likeness (QED) is 0.181. The lowest BCUT2D eigenvalue weighted by Gasteiger charge is -2.26. The molecule has 3 heterocycles. The average molecular weight is 686 g/mol. The van der Waals surface area contributed by atoms with Crippen LogP contribution in [-0.4, -0.2) is 0 Å². The molecule has 0 saturated carbocycles. The molecule has 0 atom stereocenters. The van der Waals surface area contributed by atoms with Gasteiger partial charge in [-0.3, -0.25) is 0 Å². The minimum Gasteiger partial charge on any atom is -0.456 e. The molecular formula is C48H28FNO3. The van der Waals surface area contributed by atoms with Crippen molar-refractivity contribution in [2.45, 2.75) is 0 Å². The van der Waals surface area contributed by atoms with Gasteiger partial charge in [0.15, 0.2) is 0 Å². The molecule has 11 aromatic rings. The number of hydrogen-bond donors (Lipinski definition) is 0. The van der Waals surface area contributed by atoms with Crippen molar-refractivity contribution in [1.82, 2.24) is 0 Å². The molecule has 0 amide bonds. The molecule has 250 valence electrons. The molecule has 0 radical (unpaired) electrons. The van der Waals surface area contributed by atoms with Gasteiger partial charge in [-0.15, -0.1) is 0 Å². The largest absolute Gasteiger partial charge is 0.456 e. The van der Waals surface area contributed by atoms with Crippen molar-refractivity contribution in [2.24, 2.45) is 0 Å². The van der Waals surface area contributed by atoms with Crippen LogP contribution in [0.2, 0.25) is 0 Å². The summed E-state index contributed by atoms with van der Waals surface area (Å²) in [5.41, 5.74) is 11.7. The van der Waals surface area contributed by atoms with E-state index >= 15 is 0 Å². The number of benzene rings is 8. The fourth-order valence-corrected chi connectivity index (χ4v) is 7.98. The van der Waals surface area contributed by atoms with E-state index in [-0.39, 0.29) is 5.82 Å². The molecule has 0 aliphatic heterocycles. The van der Waals surface area contributed by atoms with Crippen LogP contribution < -0.4 is 4.90 Å². The van der Waals surface area contributed by atoms with E-state index in [1.807, 2.05) is 78.9 Å². The van der Waals surface area contributed by atoms with Gasteiger partial charge in [0.2, 0.25) is 0 Å². The Hall–Kier alpha value is -7.11. The van der Waals surface area contributed by atoms with E-state index in [0.717, 1.165) is 105 Å². The zero-order chi connectivity index (χ0) is 35.0. The standard InChI is InChI=1S/C48H28FNO3/c49-31-10-6-13-33(28-31)50(32-11-2-1-3-12-32)40-18-9-21-44-47(40)38-24-22-30(27-45(38)52-44)29-23-25-42-39(26-29)36-17-7-16-35(48(36)53-42)34-15-8-20-43-46(34)37-14-4-5-19-41(37)51-43/h1-28H. The zero-order valence-electron chi connectivity index (χ0n) is 28.2. The van der Waals surface area contributed by atoms with Crippen molar-refractivity contribution in [3.8, 4) is 22.3 Å². The minimum atomic E-state index is -0.292. The Morgan fingerprint density at radius 2 is 1.02 bits per heavy atom. The summed E-state index contributed by atoms with van der Waals surface area (Å²) in [5.74, 6) is -0.292. The Morgan fingerprint density at radius 3 is 1.92 bits per heavy atom. The first-order valence-corrected chi connectivity index (χ1v) is 17.6. The molecule has 3 aromatic heterocycles. The van der Waals surface area contributed by atoms with E-state index in [1.54, 1.807) is 12.1 Å². The molecule has 11 rings (SSSR count). The molecule has 53 heavy (non-hydrogen) atoms. The lowest BCUT2D eigenvalue weighted by molar-refractivity contribution is 0.628. The average Bonchev–Trinajstić information content (AvgIpc) is 3.89. The number of rotatable bonds is 5. The molecule has 0 saturated heterocycles. The highest BCUT2D eigenvalue weighted by Crippen LogP contribution is 2.45. The maximum atomic E-state index is 14.6. The number of fused-ring (bicyclic) bond motifs is 9. The van der Waals surface area contributed by atoms with Gasteiger partial charge < -0.3 is 18.2 Å². The Bertz CT molecular complexity index is 3210. The Labute approximate surface area is 302 Å². The first kappa shape index (κ1) is 29.6. The smallest absolute Gasteiger partial charge is 0.143 e. The molecule has 0 bridgehead atoms. The van der Waals surface area contributed by atoms with Crippen LogP contribution in [0.25, 0.3) is 88.1 Å². The number of nitrogens with zero attached hydrogens (tertiary/aromatic N) is 1. The van der Waals surface area contributed by atoms with Crippen molar-refractivity contribution in [1.29, 1.82) is 0 Å². The molecule has 0 fully saturated rings. The summed E-state index contributed by atoms with van der Waals surface area (Å²) >= 11 is 0. The van der Waals surface area contributed by atoms with Gasteiger partial charge >= 0.3 is 0 Å². The molecule has 0 aliphatic carbocycles.